The number of pyridine rings is 1. The molecule has 2 rings (SSSR count). The molecule has 72 valence electrons. The average Bonchev–Trinajstić information content (AvgIpc) is 2.17. The molecule has 0 atom stereocenters. The summed E-state index contributed by atoms with van der Waals surface area (Å²) in [7, 11) is 0. The topological polar surface area (TPSA) is 12.9 Å². The van der Waals surface area contributed by atoms with E-state index >= 15 is 0 Å². The second kappa shape index (κ2) is 3.79. The lowest BCUT2D eigenvalue weighted by atomic mass is 10.0. The number of nitrogens with zero attached hydrogens (tertiary/aromatic N) is 1. The van der Waals surface area contributed by atoms with Crippen molar-refractivity contribution in [1.29, 1.82) is 0 Å². The maximum Gasteiger partial charge on any atom is 0.0702 e. The van der Waals surface area contributed by atoms with E-state index in [0.717, 1.165) is 11.9 Å². The summed E-state index contributed by atoms with van der Waals surface area (Å²) in [5, 5.41) is 1.24. The van der Waals surface area contributed by atoms with Gasteiger partial charge >= 0.3 is 0 Å². The van der Waals surface area contributed by atoms with Crippen molar-refractivity contribution in [2.75, 3.05) is 0 Å². The average molecular weight is 185 g/mol. The predicted molar refractivity (Wildman–Crippen MR) is 60.3 cm³/mol. The van der Waals surface area contributed by atoms with E-state index in [9.17, 15) is 0 Å². The van der Waals surface area contributed by atoms with E-state index in [1.54, 1.807) is 0 Å². The molecule has 0 aliphatic heterocycles. The number of fused-ring (bicyclic) bond motifs is 1. The molecule has 0 radical (unpaired) electrons. The van der Waals surface area contributed by atoms with Crippen molar-refractivity contribution in [2.24, 2.45) is 5.92 Å². The lowest BCUT2D eigenvalue weighted by Gasteiger charge is -2.05. The Bertz CT molecular complexity index is 432. The molecule has 1 aromatic carbocycles. The van der Waals surface area contributed by atoms with E-state index in [2.05, 4.69) is 43.1 Å². The van der Waals surface area contributed by atoms with Crippen molar-refractivity contribution in [3.8, 4) is 0 Å². The van der Waals surface area contributed by atoms with Gasteiger partial charge in [-0.1, -0.05) is 32.0 Å². The Kier molecular flexibility index (Phi) is 2.49. The summed E-state index contributed by atoms with van der Waals surface area (Å²) in [4.78, 5) is 4.43. The molecule has 0 bridgehead atoms. The van der Waals surface area contributed by atoms with Crippen molar-refractivity contribution in [1.82, 2.24) is 4.98 Å². The quantitative estimate of drug-likeness (QED) is 0.698. The highest BCUT2D eigenvalue weighted by Gasteiger charge is 1.99. The first kappa shape index (κ1) is 9.20. The van der Waals surface area contributed by atoms with Crippen LogP contribution in [0.4, 0.5) is 0 Å². The Morgan fingerprint density at radius 1 is 1.21 bits per heavy atom. The third-order valence-corrected chi connectivity index (χ3v) is 2.29. The number of hydrogen-bond acceptors (Lipinski definition) is 1. The van der Waals surface area contributed by atoms with Crippen LogP contribution in [-0.4, -0.2) is 4.98 Å². The maximum absolute atomic E-state index is 4.43. The molecule has 14 heavy (non-hydrogen) atoms. The minimum Gasteiger partial charge on any atom is -0.256 e. The number of rotatable bonds is 2. The van der Waals surface area contributed by atoms with Gasteiger partial charge in [-0.05, 0) is 30.0 Å². The lowest BCUT2D eigenvalue weighted by Crippen LogP contribution is -1.94. The zero-order valence-corrected chi connectivity index (χ0v) is 8.70. The highest BCUT2D eigenvalue weighted by Crippen LogP contribution is 2.14. The van der Waals surface area contributed by atoms with Gasteiger partial charge in [-0.25, -0.2) is 0 Å². The first-order valence-corrected chi connectivity index (χ1v) is 5.09. The van der Waals surface area contributed by atoms with E-state index < -0.39 is 0 Å². The SMILES string of the molecule is CC(C)Cc1cnc2ccccc2c1. The van der Waals surface area contributed by atoms with Crippen molar-refractivity contribution in [3.63, 3.8) is 0 Å². The number of para-hydroxylation sites is 1. The molecule has 0 unspecified atom stereocenters. The first-order valence-electron chi connectivity index (χ1n) is 5.09. The lowest BCUT2D eigenvalue weighted by molar-refractivity contribution is 0.646. The van der Waals surface area contributed by atoms with Gasteiger partial charge in [0.1, 0.15) is 0 Å². The van der Waals surface area contributed by atoms with E-state index in [-0.39, 0.29) is 0 Å². The molecule has 0 fully saturated rings. The van der Waals surface area contributed by atoms with Gasteiger partial charge in [0.2, 0.25) is 0 Å². The molecular formula is C13H15N. The van der Waals surface area contributed by atoms with Crippen LogP contribution in [0.15, 0.2) is 36.5 Å². The van der Waals surface area contributed by atoms with Crippen molar-refractivity contribution in [2.45, 2.75) is 20.3 Å². The Morgan fingerprint density at radius 2 is 2.00 bits per heavy atom. The van der Waals surface area contributed by atoms with Gasteiger partial charge in [-0.3, -0.25) is 4.98 Å². The standard InChI is InChI=1S/C13H15N/c1-10(2)7-11-8-12-5-3-4-6-13(12)14-9-11/h3-6,8-10H,7H2,1-2H3. The third-order valence-electron chi connectivity index (χ3n) is 2.29. The van der Waals surface area contributed by atoms with Crippen LogP contribution in [0.2, 0.25) is 0 Å². The van der Waals surface area contributed by atoms with Crippen molar-refractivity contribution in [3.05, 3.63) is 42.1 Å². The molecule has 1 aromatic heterocycles. The zero-order valence-electron chi connectivity index (χ0n) is 8.70. The fourth-order valence-corrected chi connectivity index (χ4v) is 1.70. The van der Waals surface area contributed by atoms with E-state index in [0.29, 0.717) is 5.92 Å². The summed E-state index contributed by atoms with van der Waals surface area (Å²) in [6.07, 6.45) is 3.10. The van der Waals surface area contributed by atoms with Gasteiger partial charge in [0.05, 0.1) is 5.52 Å². The van der Waals surface area contributed by atoms with E-state index in [1.807, 2.05) is 12.3 Å². The van der Waals surface area contributed by atoms with Gasteiger partial charge in [0, 0.05) is 11.6 Å². The molecule has 0 amide bonds. The molecule has 0 saturated heterocycles. The van der Waals surface area contributed by atoms with E-state index in [1.165, 1.54) is 10.9 Å². The Balaban J connectivity index is 2.41. The minimum absolute atomic E-state index is 0.693. The third kappa shape index (κ3) is 1.92. The highest BCUT2D eigenvalue weighted by molar-refractivity contribution is 5.78. The van der Waals surface area contributed by atoms with Crippen LogP contribution in [0.25, 0.3) is 10.9 Å². The summed E-state index contributed by atoms with van der Waals surface area (Å²) in [5.41, 5.74) is 2.42. The molecule has 0 N–H and O–H groups in total. The maximum atomic E-state index is 4.43. The van der Waals surface area contributed by atoms with Gasteiger partial charge < -0.3 is 0 Å². The molecule has 0 aliphatic rings. The summed E-state index contributed by atoms with van der Waals surface area (Å²) >= 11 is 0. The fraction of sp³-hybridized carbons (Fsp3) is 0.308. The fourth-order valence-electron chi connectivity index (χ4n) is 1.70. The Morgan fingerprint density at radius 3 is 2.79 bits per heavy atom. The van der Waals surface area contributed by atoms with Gasteiger partial charge in [-0.2, -0.15) is 0 Å². The van der Waals surface area contributed by atoms with Crippen LogP contribution >= 0.6 is 0 Å². The molecule has 0 spiro atoms. The second-order valence-corrected chi connectivity index (χ2v) is 4.13. The van der Waals surface area contributed by atoms with Crippen LogP contribution in [0.1, 0.15) is 19.4 Å². The van der Waals surface area contributed by atoms with Crippen LogP contribution in [0.3, 0.4) is 0 Å². The second-order valence-electron chi connectivity index (χ2n) is 4.13. The highest BCUT2D eigenvalue weighted by atomic mass is 14.6. The number of benzene rings is 1. The zero-order chi connectivity index (χ0) is 9.97. The summed E-state index contributed by atoms with van der Waals surface area (Å²) in [5.74, 6) is 0.693. The summed E-state index contributed by atoms with van der Waals surface area (Å²) in [6.45, 7) is 4.46. The Labute approximate surface area is 84.8 Å². The number of aromatic nitrogens is 1. The monoisotopic (exact) mass is 185 g/mol. The molecule has 1 heteroatoms. The van der Waals surface area contributed by atoms with Crippen LogP contribution in [-0.2, 0) is 6.42 Å². The minimum atomic E-state index is 0.693. The molecule has 1 nitrogen and oxygen atoms in total. The van der Waals surface area contributed by atoms with Gasteiger partial charge in [0.25, 0.3) is 0 Å². The molecule has 1 heterocycles. The van der Waals surface area contributed by atoms with Crippen LogP contribution in [0.5, 0.6) is 0 Å². The largest absolute Gasteiger partial charge is 0.256 e. The van der Waals surface area contributed by atoms with Gasteiger partial charge in [0.15, 0.2) is 0 Å². The van der Waals surface area contributed by atoms with Gasteiger partial charge in [-0.15, -0.1) is 0 Å². The molecule has 0 aliphatic carbocycles. The van der Waals surface area contributed by atoms with E-state index in [4.69, 9.17) is 0 Å². The smallest absolute Gasteiger partial charge is 0.0702 e. The number of hydrogen-bond donors (Lipinski definition) is 0. The van der Waals surface area contributed by atoms with Crippen molar-refractivity contribution < 1.29 is 0 Å². The molecule has 2 aromatic rings. The normalized spacial score (nSPS) is 11.1. The Hall–Kier alpha value is -1.37. The van der Waals surface area contributed by atoms with Crippen molar-refractivity contribution >= 4 is 10.9 Å². The summed E-state index contributed by atoms with van der Waals surface area (Å²) in [6, 6.07) is 10.5. The predicted octanol–water partition coefficient (Wildman–Crippen LogP) is 3.43. The molecular weight excluding hydrogens is 170 g/mol. The van der Waals surface area contributed by atoms with Crippen LogP contribution in [0, 0.1) is 5.92 Å². The summed E-state index contributed by atoms with van der Waals surface area (Å²) < 4.78 is 0. The first-order chi connectivity index (χ1) is 6.75. The van der Waals surface area contributed by atoms with Crippen LogP contribution < -0.4 is 0 Å². The molecule has 0 saturated carbocycles.